The zero-order valence-electron chi connectivity index (χ0n) is 15.9. The van der Waals surface area contributed by atoms with Crippen LogP contribution >= 0.6 is 0 Å². The molecular formula is C22H29NO3. The fraction of sp³-hybridized carbons (Fsp3) is 0.455. The molecule has 2 aromatic rings. The third kappa shape index (κ3) is 4.99. The number of aliphatic hydroxyl groups is 1. The van der Waals surface area contributed by atoms with Crippen LogP contribution < -0.4 is 4.74 Å². The van der Waals surface area contributed by atoms with Crippen LogP contribution in [0.5, 0.6) is 5.75 Å². The molecule has 0 amide bonds. The van der Waals surface area contributed by atoms with Crippen molar-refractivity contribution >= 4 is 6.08 Å². The predicted octanol–water partition coefficient (Wildman–Crippen LogP) is 4.66. The zero-order chi connectivity index (χ0) is 18.5. The van der Waals surface area contributed by atoms with Gasteiger partial charge in [-0.3, -0.25) is 4.90 Å². The molecule has 1 aromatic heterocycles. The van der Waals surface area contributed by atoms with E-state index in [4.69, 9.17) is 9.15 Å². The fourth-order valence-electron chi connectivity index (χ4n) is 3.41. The molecule has 0 saturated carbocycles. The first-order valence-electron chi connectivity index (χ1n) is 9.38. The lowest BCUT2D eigenvalue weighted by molar-refractivity contribution is 0.151. The topological polar surface area (TPSA) is 45.8 Å². The van der Waals surface area contributed by atoms with E-state index in [0.717, 1.165) is 48.7 Å². The van der Waals surface area contributed by atoms with Crippen LogP contribution in [0.2, 0.25) is 0 Å². The average molecular weight is 355 g/mol. The van der Waals surface area contributed by atoms with E-state index in [2.05, 4.69) is 37.8 Å². The molecule has 1 aliphatic heterocycles. The lowest BCUT2D eigenvalue weighted by atomic mass is 9.97. The van der Waals surface area contributed by atoms with Gasteiger partial charge in [0.15, 0.2) is 0 Å². The van der Waals surface area contributed by atoms with Crippen LogP contribution in [0.15, 0.2) is 46.6 Å². The maximum absolute atomic E-state index is 10.4. The number of ether oxygens (including phenoxy) is 1. The van der Waals surface area contributed by atoms with Gasteiger partial charge in [-0.25, -0.2) is 0 Å². The second-order valence-corrected chi connectivity index (χ2v) is 7.58. The van der Waals surface area contributed by atoms with E-state index in [1.807, 2.05) is 24.3 Å². The fourth-order valence-corrected chi connectivity index (χ4v) is 3.41. The molecule has 2 heterocycles. The maximum atomic E-state index is 10.4. The number of hydrogen-bond acceptors (Lipinski definition) is 4. The van der Waals surface area contributed by atoms with E-state index < -0.39 is 6.10 Å². The van der Waals surface area contributed by atoms with Gasteiger partial charge in [0.2, 0.25) is 0 Å². The molecule has 4 heteroatoms. The largest absolute Gasteiger partial charge is 0.492 e. The molecule has 0 bridgehead atoms. The third-order valence-electron chi connectivity index (χ3n) is 4.63. The maximum Gasteiger partial charge on any atom is 0.126 e. The molecule has 4 nitrogen and oxygen atoms in total. The van der Waals surface area contributed by atoms with E-state index >= 15 is 0 Å². The molecule has 0 aliphatic carbocycles. The lowest BCUT2D eigenvalue weighted by Gasteiger charge is -2.20. The van der Waals surface area contributed by atoms with Crippen LogP contribution in [0.25, 0.3) is 6.08 Å². The highest BCUT2D eigenvalue weighted by molar-refractivity contribution is 5.47. The summed E-state index contributed by atoms with van der Waals surface area (Å²) in [5, 5.41) is 10.4. The first kappa shape index (κ1) is 18.7. The van der Waals surface area contributed by atoms with E-state index in [-0.39, 0.29) is 0 Å². The van der Waals surface area contributed by atoms with Crippen LogP contribution in [-0.4, -0.2) is 29.7 Å². The van der Waals surface area contributed by atoms with Gasteiger partial charge in [0.05, 0.1) is 12.4 Å². The van der Waals surface area contributed by atoms with Crippen molar-refractivity contribution in [2.24, 2.45) is 5.92 Å². The Morgan fingerprint density at radius 3 is 2.88 bits per heavy atom. The van der Waals surface area contributed by atoms with Crippen LogP contribution in [0.1, 0.15) is 50.2 Å². The number of nitrogens with zero attached hydrogens (tertiary/aromatic N) is 1. The Kier molecular flexibility index (Phi) is 6.17. The Morgan fingerprint density at radius 2 is 2.15 bits per heavy atom. The first-order chi connectivity index (χ1) is 12.5. The zero-order valence-corrected chi connectivity index (χ0v) is 15.9. The van der Waals surface area contributed by atoms with Gasteiger partial charge in [0.25, 0.3) is 0 Å². The second-order valence-electron chi connectivity index (χ2n) is 7.58. The second kappa shape index (κ2) is 8.56. The summed E-state index contributed by atoms with van der Waals surface area (Å²) in [5.41, 5.74) is 3.37. The summed E-state index contributed by atoms with van der Waals surface area (Å²) in [6.45, 7) is 9.62. The molecule has 1 N–H and O–H groups in total. The monoisotopic (exact) mass is 355 g/mol. The Morgan fingerprint density at radius 1 is 1.31 bits per heavy atom. The predicted molar refractivity (Wildman–Crippen MR) is 104 cm³/mol. The lowest BCUT2D eigenvalue weighted by Crippen LogP contribution is -2.27. The molecule has 1 atom stereocenters. The minimum absolute atomic E-state index is 0.419. The van der Waals surface area contributed by atoms with Crippen molar-refractivity contribution in [2.75, 3.05) is 19.7 Å². The van der Waals surface area contributed by atoms with Gasteiger partial charge >= 0.3 is 0 Å². The van der Waals surface area contributed by atoms with Crippen molar-refractivity contribution in [3.05, 3.63) is 59.1 Å². The molecule has 0 spiro atoms. The van der Waals surface area contributed by atoms with Crippen molar-refractivity contribution in [3.63, 3.8) is 0 Å². The minimum Gasteiger partial charge on any atom is -0.492 e. The highest BCUT2D eigenvalue weighted by Gasteiger charge is 2.18. The molecule has 0 saturated heterocycles. The van der Waals surface area contributed by atoms with Crippen LogP contribution in [0, 0.1) is 5.92 Å². The number of benzene rings is 1. The molecule has 1 aliphatic rings. The quantitative estimate of drug-likeness (QED) is 0.819. The number of rotatable bonds is 6. The van der Waals surface area contributed by atoms with Gasteiger partial charge in [-0.1, -0.05) is 25.5 Å². The highest BCUT2D eigenvalue weighted by Crippen LogP contribution is 2.29. The smallest absolute Gasteiger partial charge is 0.126 e. The molecule has 0 radical (unpaired) electrons. The Hall–Kier alpha value is -2.04. The van der Waals surface area contributed by atoms with Crippen molar-refractivity contribution in [1.82, 2.24) is 4.90 Å². The normalized spacial score (nSPS) is 16.9. The van der Waals surface area contributed by atoms with E-state index in [0.29, 0.717) is 12.5 Å². The number of aliphatic hydroxyl groups excluding tert-OH is 1. The van der Waals surface area contributed by atoms with Crippen LogP contribution in [-0.2, 0) is 6.54 Å². The van der Waals surface area contributed by atoms with E-state index in [9.17, 15) is 5.11 Å². The first-order valence-corrected chi connectivity index (χ1v) is 9.38. The summed E-state index contributed by atoms with van der Waals surface area (Å²) < 4.78 is 11.3. The van der Waals surface area contributed by atoms with Gasteiger partial charge in [-0.15, -0.1) is 0 Å². The number of furan rings is 1. The molecule has 140 valence electrons. The van der Waals surface area contributed by atoms with E-state index in [1.165, 1.54) is 5.57 Å². The van der Waals surface area contributed by atoms with Crippen molar-refractivity contribution in [3.8, 4) is 5.75 Å². The molecular weight excluding hydrogens is 326 g/mol. The summed E-state index contributed by atoms with van der Waals surface area (Å²) in [7, 11) is 0. The van der Waals surface area contributed by atoms with Crippen LogP contribution in [0.3, 0.4) is 0 Å². The average Bonchev–Trinajstić information content (AvgIpc) is 2.99. The number of fused-ring (bicyclic) bond motifs is 1. The van der Waals surface area contributed by atoms with Gasteiger partial charge in [-0.05, 0) is 55.2 Å². The Labute approximate surface area is 156 Å². The third-order valence-corrected chi connectivity index (χ3v) is 4.63. The molecule has 1 aromatic carbocycles. The van der Waals surface area contributed by atoms with Crippen molar-refractivity contribution in [2.45, 2.75) is 39.8 Å². The van der Waals surface area contributed by atoms with Crippen LogP contribution in [0.4, 0.5) is 0 Å². The molecule has 3 rings (SSSR count). The summed E-state index contributed by atoms with van der Waals surface area (Å²) in [6.07, 6.45) is 4.13. The minimum atomic E-state index is -0.419. The molecule has 26 heavy (non-hydrogen) atoms. The Balaban J connectivity index is 1.72. The summed E-state index contributed by atoms with van der Waals surface area (Å²) >= 11 is 0. The van der Waals surface area contributed by atoms with Gasteiger partial charge in [0.1, 0.15) is 18.1 Å². The summed E-state index contributed by atoms with van der Waals surface area (Å²) in [4.78, 5) is 2.37. The van der Waals surface area contributed by atoms with Crippen molar-refractivity contribution in [1.29, 1.82) is 0 Å². The summed E-state index contributed by atoms with van der Waals surface area (Å²) in [5.74, 6) is 2.28. The number of hydrogen-bond donors (Lipinski definition) is 1. The standard InChI is InChI=1S/C22H29NO3/c1-16(2)11-21(24)18-6-7-22-19(13-18)15-23(8-10-26-22)14-17(3)12-20-5-4-9-25-20/h4-7,9,12-13,16,21,24H,8,10-11,14-15H2,1-3H3/b17-12+. The van der Waals surface area contributed by atoms with E-state index in [1.54, 1.807) is 6.26 Å². The summed E-state index contributed by atoms with van der Waals surface area (Å²) in [6, 6.07) is 9.96. The van der Waals surface area contributed by atoms with Crippen molar-refractivity contribution < 1.29 is 14.3 Å². The van der Waals surface area contributed by atoms with Gasteiger partial charge in [0, 0.05) is 25.2 Å². The Bertz CT molecular complexity index is 734. The molecule has 1 unspecified atom stereocenters. The molecule has 0 fully saturated rings. The SMILES string of the molecule is C/C(=C\c1ccco1)CN1CCOc2ccc(C(O)CC(C)C)cc2C1. The van der Waals surface area contributed by atoms with Gasteiger partial charge < -0.3 is 14.3 Å². The van der Waals surface area contributed by atoms with Gasteiger partial charge in [-0.2, -0.15) is 0 Å². The highest BCUT2D eigenvalue weighted by atomic mass is 16.5.